The van der Waals surface area contributed by atoms with Gasteiger partial charge in [0.25, 0.3) is 0 Å². The zero-order valence-electron chi connectivity index (χ0n) is 18.8. The summed E-state index contributed by atoms with van der Waals surface area (Å²) in [6, 6.07) is 2.48. The first-order valence-electron chi connectivity index (χ1n) is 12.2. The number of rotatable bonds is 7. The van der Waals surface area contributed by atoms with Crippen molar-refractivity contribution in [2.45, 2.75) is 95.3 Å². The molecule has 3 rings (SSSR count). The van der Waals surface area contributed by atoms with Gasteiger partial charge in [0.15, 0.2) is 0 Å². The van der Waals surface area contributed by atoms with Crippen LogP contribution in [-0.2, 0) is 0 Å². The van der Waals surface area contributed by atoms with E-state index < -0.39 is 11.6 Å². The Bertz CT molecular complexity index is 780. The van der Waals surface area contributed by atoms with Crippen molar-refractivity contribution in [3.8, 4) is 17.2 Å². The number of thioether (sulfide) groups is 1. The normalized spacial score (nSPS) is 26.0. The quantitative estimate of drug-likeness (QED) is 0.183. The number of nitrogens with zero attached hydrogens (tertiary/aromatic N) is 1. The molecule has 31 heavy (non-hydrogen) atoms. The van der Waals surface area contributed by atoms with Crippen LogP contribution in [0, 0.1) is 57.8 Å². The lowest BCUT2D eigenvalue weighted by Crippen LogP contribution is -2.25. The molecule has 4 heteroatoms. The van der Waals surface area contributed by atoms with Crippen LogP contribution in [0.15, 0.2) is 17.0 Å². The molecule has 1 aromatic carbocycles. The Morgan fingerprint density at radius 2 is 1.52 bits per heavy atom. The zero-order chi connectivity index (χ0) is 22.1. The van der Waals surface area contributed by atoms with Crippen LogP contribution in [0.4, 0.5) is 8.78 Å². The Balaban J connectivity index is 1.43. The molecule has 0 bridgehead atoms. The van der Waals surface area contributed by atoms with Crippen molar-refractivity contribution in [1.82, 2.24) is 0 Å². The molecule has 2 aliphatic carbocycles. The van der Waals surface area contributed by atoms with Crippen molar-refractivity contribution >= 4 is 11.8 Å². The van der Waals surface area contributed by atoms with Crippen molar-refractivity contribution in [2.24, 2.45) is 23.7 Å². The van der Waals surface area contributed by atoms with Gasteiger partial charge in [0.05, 0.1) is 4.90 Å². The summed E-state index contributed by atoms with van der Waals surface area (Å²) >= 11 is 0.510. The van der Waals surface area contributed by atoms with Crippen LogP contribution in [0.2, 0.25) is 0 Å². The summed E-state index contributed by atoms with van der Waals surface area (Å²) in [5.41, 5.74) is 0.358. The van der Waals surface area contributed by atoms with Crippen LogP contribution < -0.4 is 0 Å². The Morgan fingerprint density at radius 3 is 2.10 bits per heavy atom. The summed E-state index contributed by atoms with van der Waals surface area (Å²) in [5.74, 6) is 7.84. The topological polar surface area (TPSA) is 23.8 Å². The molecule has 2 aliphatic rings. The van der Waals surface area contributed by atoms with E-state index in [-0.39, 0.29) is 4.90 Å². The van der Waals surface area contributed by atoms with Crippen LogP contribution >= 0.6 is 11.8 Å². The maximum Gasteiger partial charge on any atom is 0.142 e. The second-order valence-corrected chi connectivity index (χ2v) is 10.3. The average Bonchev–Trinajstić information content (AvgIpc) is 2.79. The van der Waals surface area contributed by atoms with E-state index in [4.69, 9.17) is 5.26 Å². The summed E-state index contributed by atoms with van der Waals surface area (Å²) < 4.78 is 27.9. The Labute approximate surface area is 191 Å². The first-order chi connectivity index (χ1) is 15.1. The number of nitriles is 1. The first-order valence-corrected chi connectivity index (χ1v) is 13.0. The van der Waals surface area contributed by atoms with Crippen molar-refractivity contribution in [3.05, 3.63) is 29.3 Å². The van der Waals surface area contributed by atoms with Crippen molar-refractivity contribution in [2.75, 3.05) is 0 Å². The molecule has 168 valence electrons. The van der Waals surface area contributed by atoms with Gasteiger partial charge in [-0.25, -0.2) is 8.78 Å². The van der Waals surface area contributed by atoms with Crippen molar-refractivity contribution in [1.29, 1.82) is 5.26 Å². The molecule has 2 saturated carbocycles. The van der Waals surface area contributed by atoms with Crippen molar-refractivity contribution in [3.63, 3.8) is 0 Å². The van der Waals surface area contributed by atoms with E-state index in [1.54, 1.807) is 5.40 Å². The molecule has 0 atom stereocenters. The minimum atomic E-state index is -0.708. The van der Waals surface area contributed by atoms with E-state index in [9.17, 15) is 8.78 Å². The molecule has 1 nitrogen and oxygen atoms in total. The fourth-order valence-corrected chi connectivity index (χ4v) is 5.91. The molecule has 0 heterocycles. The molecule has 0 N–H and O–H groups in total. The molecule has 1 aromatic rings. The van der Waals surface area contributed by atoms with Gasteiger partial charge in [0, 0.05) is 11.5 Å². The molecule has 0 amide bonds. The van der Waals surface area contributed by atoms with Crippen LogP contribution in [0.1, 0.15) is 96.0 Å². The molecule has 0 radical (unpaired) electrons. The smallest absolute Gasteiger partial charge is 0.142 e. The highest BCUT2D eigenvalue weighted by molar-refractivity contribution is 8.03. The fourth-order valence-electron chi connectivity index (χ4n) is 5.50. The van der Waals surface area contributed by atoms with Gasteiger partial charge in [-0.1, -0.05) is 63.7 Å². The van der Waals surface area contributed by atoms with Gasteiger partial charge < -0.3 is 0 Å². The Hall–Kier alpha value is -1.52. The Morgan fingerprint density at radius 1 is 0.903 bits per heavy atom. The third kappa shape index (κ3) is 7.25. The molecule has 0 saturated heterocycles. The first kappa shape index (κ1) is 24.1. The summed E-state index contributed by atoms with van der Waals surface area (Å²) in [6.45, 7) is 2.28. The maximum absolute atomic E-state index is 14.0. The van der Waals surface area contributed by atoms with E-state index in [2.05, 4.69) is 18.8 Å². The molecular weight excluding hydrogens is 408 g/mol. The third-order valence-corrected chi connectivity index (χ3v) is 8.05. The lowest BCUT2D eigenvalue weighted by molar-refractivity contribution is 0.153. The van der Waals surface area contributed by atoms with E-state index in [0.717, 1.165) is 30.6 Å². The van der Waals surface area contributed by atoms with E-state index >= 15 is 0 Å². The highest BCUT2D eigenvalue weighted by atomic mass is 32.2. The minimum Gasteiger partial charge on any atom is -0.206 e. The number of halogens is 2. The monoisotopic (exact) mass is 443 g/mol. The molecule has 0 unspecified atom stereocenters. The highest BCUT2D eigenvalue weighted by Crippen LogP contribution is 2.42. The van der Waals surface area contributed by atoms with E-state index in [1.165, 1.54) is 82.8 Å². The van der Waals surface area contributed by atoms with Gasteiger partial charge in [-0.2, -0.15) is 5.26 Å². The van der Waals surface area contributed by atoms with Gasteiger partial charge in [-0.05, 0) is 80.2 Å². The molecule has 2 fully saturated rings. The maximum atomic E-state index is 14.0. The van der Waals surface area contributed by atoms with Crippen LogP contribution in [-0.4, -0.2) is 0 Å². The fraction of sp³-hybridized carbons (Fsp3) is 0.667. The highest BCUT2D eigenvalue weighted by Gasteiger charge is 2.30. The Kier molecular flexibility index (Phi) is 9.73. The van der Waals surface area contributed by atoms with Crippen LogP contribution in [0.25, 0.3) is 0 Å². The number of benzene rings is 1. The molecule has 0 aliphatic heterocycles. The van der Waals surface area contributed by atoms with Crippen LogP contribution in [0.3, 0.4) is 0 Å². The van der Waals surface area contributed by atoms with E-state index in [1.807, 2.05) is 0 Å². The zero-order valence-corrected chi connectivity index (χ0v) is 19.6. The predicted molar refractivity (Wildman–Crippen MR) is 124 cm³/mol. The largest absolute Gasteiger partial charge is 0.206 e. The average molecular weight is 444 g/mol. The summed E-state index contributed by atoms with van der Waals surface area (Å²) in [5, 5.41) is 10.4. The van der Waals surface area contributed by atoms with E-state index in [0.29, 0.717) is 23.2 Å². The second kappa shape index (κ2) is 12.5. The number of unbranched alkanes of at least 4 members (excludes halogenated alkanes) is 3. The van der Waals surface area contributed by atoms with Gasteiger partial charge >= 0.3 is 0 Å². The standard InChI is InChI=1S/C27H35F2NS/c1-2-3-4-5-6-20-9-13-23(14-10-20)24-15-11-21(12-16-24)7-8-22-17-25(28)27(31-19-30)26(29)18-22/h17-18,20-21,23-24H,2-6,9-16H2,1H3. The number of hydrogen-bond donors (Lipinski definition) is 0. The van der Waals surface area contributed by atoms with Gasteiger partial charge in [0.1, 0.15) is 17.0 Å². The summed E-state index contributed by atoms with van der Waals surface area (Å²) in [7, 11) is 0. The third-order valence-electron chi connectivity index (χ3n) is 7.36. The lowest BCUT2D eigenvalue weighted by atomic mass is 9.69. The minimum absolute atomic E-state index is 0.246. The van der Waals surface area contributed by atoms with Gasteiger partial charge in [-0.3, -0.25) is 0 Å². The molecule has 0 spiro atoms. The van der Waals surface area contributed by atoms with Crippen molar-refractivity contribution < 1.29 is 8.78 Å². The number of hydrogen-bond acceptors (Lipinski definition) is 2. The molecular formula is C27H35F2NS. The number of thiocyanates is 1. The predicted octanol–water partition coefficient (Wildman–Crippen LogP) is 8.47. The SMILES string of the molecule is CCCCCCC1CCC(C2CCC(C#Cc3cc(F)c(SC#N)c(F)c3)CC2)CC1. The molecule has 0 aromatic heterocycles. The van der Waals surface area contributed by atoms with Gasteiger partial charge in [-0.15, -0.1) is 0 Å². The van der Waals surface area contributed by atoms with Crippen LogP contribution in [0.5, 0.6) is 0 Å². The lowest BCUT2D eigenvalue weighted by Gasteiger charge is -2.37. The summed E-state index contributed by atoms with van der Waals surface area (Å²) in [4.78, 5) is -0.246. The summed E-state index contributed by atoms with van der Waals surface area (Å²) in [6.07, 6.45) is 17.3. The second-order valence-electron chi connectivity index (χ2n) is 9.47. The van der Waals surface area contributed by atoms with Gasteiger partial charge in [0.2, 0.25) is 0 Å².